The van der Waals surface area contributed by atoms with Gasteiger partial charge in [0.2, 0.25) is 5.91 Å². The number of fused-ring (bicyclic) bond motifs is 1. The Balaban J connectivity index is 1.67. The Kier molecular flexibility index (Phi) is 3.77. The second kappa shape index (κ2) is 5.70. The molecule has 0 radical (unpaired) electrons. The van der Waals surface area contributed by atoms with Crippen LogP contribution in [0.25, 0.3) is 10.9 Å². The Morgan fingerprint density at radius 2 is 2.05 bits per heavy atom. The van der Waals surface area contributed by atoms with Gasteiger partial charge in [-0.1, -0.05) is 25.1 Å². The summed E-state index contributed by atoms with van der Waals surface area (Å²) in [5.41, 5.74) is 2.54. The normalized spacial score (nSPS) is 16.8. The van der Waals surface area contributed by atoms with E-state index in [1.165, 1.54) is 16.6 Å². The molecule has 1 fully saturated rings. The Morgan fingerprint density at radius 3 is 2.75 bits per heavy atom. The molecule has 0 unspecified atom stereocenters. The molecule has 1 aliphatic heterocycles. The van der Waals surface area contributed by atoms with Gasteiger partial charge in [0.05, 0.1) is 0 Å². The van der Waals surface area contributed by atoms with E-state index in [0.717, 1.165) is 32.4 Å². The Morgan fingerprint density at radius 1 is 1.30 bits per heavy atom. The summed E-state index contributed by atoms with van der Waals surface area (Å²) < 4.78 is 0. The highest BCUT2D eigenvalue weighted by atomic mass is 16.2. The fourth-order valence-electron chi connectivity index (χ4n) is 3.13. The quantitative estimate of drug-likeness (QED) is 0.907. The molecule has 2 heterocycles. The van der Waals surface area contributed by atoms with Crippen molar-refractivity contribution >= 4 is 16.8 Å². The van der Waals surface area contributed by atoms with Crippen molar-refractivity contribution in [1.82, 2.24) is 9.88 Å². The molecule has 1 aromatic carbocycles. The molecule has 0 aliphatic carbocycles. The van der Waals surface area contributed by atoms with Gasteiger partial charge in [-0.15, -0.1) is 0 Å². The van der Waals surface area contributed by atoms with Crippen molar-refractivity contribution in [3.05, 3.63) is 36.0 Å². The highest BCUT2D eigenvalue weighted by molar-refractivity contribution is 5.80. The van der Waals surface area contributed by atoms with Crippen LogP contribution in [0, 0.1) is 0 Å². The SMILES string of the molecule is CCCC(=O)N1CCC(c2cc3ccccc3[nH]2)CC1. The van der Waals surface area contributed by atoms with Crippen molar-refractivity contribution in [2.45, 2.75) is 38.5 Å². The summed E-state index contributed by atoms with van der Waals surface area (Å²) in [5.74, 6) is 0.885. The molecular weight excluding hydrogens is 248 g/mol. The van der Waals surface area contributed by atoms with Gasteiger partial charge in [-0.25, -0.2) is 0 Å². The number of carbonyl (C=O) groups excluding carboxylic acids is 1. The third-order valence-corrected chi connectivity index (χ3v) is 4.30. The van der Waals surface area contributed by atoms with Crippen LogP contribution in [0.2, 0.25) is 0 Å². The smallest absolute Gasteiger partial charge is 0.222 e. The van der Waals surface area contributed by atoms with E-state index in [1.807, 2.05) is 4.90 Å². The zero-order chi connectivity index (χ0) is 13.9. The second-order valence-corrected chi connectivity index (χ2v) is 5.72. The summed E-state index contributed by atoms with van der Waals surface area (Å²) in [7, 11) is 0. The van der Waals surface area contributed by atoms with Crippen LogP contribution in [0.4, 0.5) is 0 Å². The molecular formula is C17H22N2O. The summed E-state index contributed by atoms with van der Waals surface area (Å²) in [4.78, 5) is 17.5. The van der Waals surface area contributed by atoms with Crippen LogP contribution in [0.1, 0.15) is 44.2 Å². The van der Waals surface area contributed by atoms with Crippen LogP contribution in [-0.2, 0) is 4.79 Å². The van der Waals surface area contributed by atoms with Gasteiger partial charge >= 0.3 is 0 Å². The molecule has 1 amide bonds. The molecule has 1 saturated heterocycles. The molecule has 0 atom stereocenters. The molecule has 3 heteroatoms. The highest BCUT2D eigenvalue weighted by Crippen LogP contribution is 2.30. The van der Waals surface area contributed by atoms with E-state index in [2.05, 4.69) is 42.2 Å². The number of piperidine rings is 1. The lowest BCUT2D eigenvalue weighted by molar-refractivity contribution is -0.132. The minimum absolute atomic E-state index is 0.322. The average Bonchev–Trinajstić information content (AvgIpc) is 2.91. The van der Waals surface area contributed by atoms with Crippen molar-refractivity contribution in [1.29, 1.82) is 0 Å². The lowest BCUT2D eigenvalue weighted by Crippen LogP contribution is -2.37. The van der Waals surface area contributed by atoms with Crippen molar-refractivity contribution in [2.24, 2.45) is 0 Å². The van der Waals surface area contributed by atoms with Crippen molar-refractivity contribution < 1.29 is 4.79 Å². The van der Waals surface area contributed by atoms with Gasteiger partial charge in [-0.3, -0.25) is 4.79 Å². The van der Waals surface area contributed by atoms with E-state index in [4.69, 9.17) is 0 Å². The fraction of sp³-hybridized carbons (Fsp3) is 0.471. The van der Waals surface area contributed by atoms with E-state index >= 15 is 0 Å². The van der Waals surface area contributed by atoms with Gasteiger partial charge in [0.15, 0.2) is 0 Å². The van der Waals surface area contributed by atoms with Crippen LogP contribution < -0.4 is 0 Å². The predicted octanol–water partition coefficient (Wildman–Crippen LogP) is 3.67. The maximum atomic E-state index is 11.9. The summed E-state index contributed by atoms with van der Waals surface area (Å²) in [6.45, 7) is 3.87. The van der Waals surface area contributed by atoms with Gasteiger partial charge in [0.1, 0.15) is 0 Å². The zero-order valence-electron chi connectivity index (χ0n) is 12.1. The number of amides is 1. The van der Waals surface area contributed by atoms with Crippen LogP contribution in [0.5, 0.6) is 0 Å². The topological polar surface area (TPSA) is 36.1 Å². The Bertz CT molecular complexity index is 561. The first-order valence-electron chi connectivity index (χ1n) is 7.63. The van der Waals surface area contributed by atoms with E-state index < -0.39 is 0 Å². The standard InChI is InChI=1S/C17H22N2O/c1-2-5-17(20)19-10-8-13(9-11-19)16-12-14-6-3-4-7-15(14)18-16/h3-4,6-7,12-13,18H,2,5,8-11H2,1H3. The maximum Gasteiger partial charge on any atom is 0.222 e. The van der Waals surface area contributed by atoms with Crippen LogP contribution in [0.3, 0.4) is 0 Å². The number of aromatic nitrogens is 1. The number of nitrogens with zero attached hydrogens (tertiary/aromatic N) is 1. The van der Waals surface area contributed by atoms with Crippen molar-refractivity contribution in [3.63, 3.8) is 0 Å². The number of hydrogen-bond donors (Lipinski definition) is 1. The molecule has 0 spiro atoms. The molecule has 0 bridgehead atoms. The number of aromatic amines is 1. The number of hydrogen-bond acceptors (Lipinski definition) is 1. The van der Waals surface area contributed by atoms with Crippen LogP contribution in [-0.4, -0.2) is 28.9 Å². The van der Waals surface area contributed by atoms with Gasteiger partial charge in [-0.2, -0.15) is 0 Å². The largest absolute Gasteiger partial charge is 0.358 e. The fourth-order valence-corrected chi connectivity index (χ4v) is 3.13. The number of carbonyl (C=O) groups is 1. The summed E-state index contributed by atoms with van der Waals surface area (Å²) >= 11 is 0. The first-order valence-corrected chi connectivity index (χ1v) is 7.63. The molecule has 1 aromatic heterocycles. The minimum Gasteiger partial charge on any atom is -0.358 e. The van der Waals surface area contributed by atoms with Gasteiger partial charge < -0.3 is 9.88 Å². The zero-order valence-corrected chi connectivity index (χ0v) is 12.1. The van der Waals surface area contributed by atoms with E-state index in [9.17, 15) is 4.79 Å². The molecule has 20 heavy (non-hydrogen) atoms. The van der Waals surface area contributed by atoms with Crippen LogP contribution >= 0.6 is 0 Å². The molecule has 3 nitrogen and oxygen atoms in total. The van der Waals surface area contributed by atoms with Crippen LogP contribution in [0.15, 0.2) is 30.3 Å². The molecule has 2 aromatic rings. The molecule has 1 aliphatic rings. The first kappa shape index (κ1) is 13.2. The van der Waals surface area contributed by atoms with Crippen molar-refractivity contribution in [3.8, 4) is 0 Å². The number of benzene rings is 1. The number of H-pyrrole nitrogens is 1. The third-order valence-electron chi connectivity index (χ3n) is 4.30. The van der Waals surface area contributed by atoms with Gasteiger partial charge in [0.25, 0.3) is 0 Å². The summed E-state index contributed by atoms with van der Waals surface area (Å²) in [6.07, 6.45) is 3.78. The number of likely N-dealkylation sites (tertiary alicyclic amines) is 1. The molecule has 106 valence electrons. The summed E-state index contributed by atoms with van der Waals surface area (Å²) in [5, 5.41) is 1.28. The van der Waals surface area contributed by atoms with Gasteiger partial charge in [-0.05, 0) is 36.8 Å². The molecule has 3 rings (SSSR count). The number of rotatable bonds is 3. The Labute approximate surface area is 120 Å². The summed E-state index contributed by atoms with van der Waals surface area (Å²) in [6, 6.07) is 10.7. The Hall–Kier alpha value is -1.77. The molecule has 0 saturated carbocycles. The monoisotopic (exact) mass is 270 g/mol. The maximum absolute atomic E-state index is 11.9. The molecule has 1 N–H and O–H groups in total. The number of nitrogens with one attached hydrogen (secondary N) is 1. The first-order chi connectivity index (χ1) is 9.78. The lowest BCUT2D eigenvalue weighted by atomic mass is 9.93. The van der Waals surface area contributed by atoms with Crippen molar-refractivity contribution in [2.75, 3.05) is 13.1 Å². The van der Waals surface area contributed by atoms with E-state index in [0.29, 0.717) is 18.2 Å². The minimum atomic E-state index is 0.322. The number of para-hydroxylation sites is 1. The second-order valence-electron chi connectivity index (χ2n) is 5.72. The average molecular weight is 270 g/mol. The van der Waals surface area contributed by atoms with E-state index in [1.54, 1.807) is 0 Å². The lowest BCUT2D eigenvalue weighted by Gasteiger charge is -2.31. The van der Waals surface area contributed by atoms with E-state index in [-0.39, 0.29) is 0 Å². The predicted molar refractivity (Wildman–Crippen MR) is 81.8 cm³/mol. The van der Waals surface area contributed by atoms with Gasteiger partial charge in [0, 0.05) is 36.6 Å². The third kappa shape index (κ3) is 2.58. The highest BCUT2D eigenvalue weighted by Gasteiger charge is 2.24.